The molecule has 3 aromatic rings. The molecule has 0 amide bonds. The number of aromatic nitrogens is 2. The fourth-order valence-electron chi connectivity index (χ4n) is 2.40. The number of nitrogens with one attached hydrogen (secondary N) is 2. The van der Waals surface area contributed by atoms with Gasteiger partial charge < -0.3 is 10.6 Å². The van der Waals surface area contributed by atoms with Crippen LogP contribution in [0.4, 0.5) is 23.1 Å². The molecular weight excluding hydrogens is 384 g/mol. The lowest BCUT2D eigenvalue weighted by Gasteiger charge is -2.14. The first kappa shape index (κ1) is 14.2. The number of anilines is 4. The van der Waals surface area contributed by atoms with Gasteiger partial charge >= 0.3 is 0 Å². The van der Waals surface area contributed by atoms with Crippen molar-refractivity contribution in [1.82, 2.24) is 9.97 Å². The average molecular weight is 409 g/mol. The number of nitrogens with zero attached hydrogens (tertiary/aromatic N) is 4. The highest BCUT2D eigenvalue weighted by molar-refractivity contribution is 5.85. The number of benzene rings is 2. The van der Waals surface area contributed by atoms with E-state index >= 15 is 0 Å². The molecule has 0 radical (unpaired) electrons. The van der Waals surface area contributed by atoms with Gasteiger partial charge in [-0.3, -0.25) is 0 Å². The Bertz CT molecular complexity index is 1270. The Kier molecular flexibility index (Phi) is 4.83. The predicted octanol–water partition coefficient (Wildman–Crippen LogP) is 5.41. The number of hydrogen-bond donors (Lipinski definition) is 2. The lowest BCUT2D eigenvalue weighted by Crippen LogP contribution is -2.02. The molecule has 29 heavy (non-hydrogen) atoms. The molecule has 2 N–H and O–H groups in total. The summed E-state index contributed by atoms with van der Waals surface area (Å²) in [6.07, 6.45) is 3.91. The number of allylic oxidation sites excluding steroid dienone is 1. The number of rotatable bonds is 5. The van der Waals surface area contributed by atoms with Gasteiger partial charge in [-0.1, -0.05) is 0 Å². The van der Waals surface area contributed by atoms with Crippen LogP contribution in [0.3, 0.4) is 0 Å². The van der Waals surface area contributed by atoms with Gasteiger partial charge in [0.05, 0.1) is 17.7 Å². The van der Waals surface area contributed by atoms with Crippen molar-refractivity contribution in [2.45, 2.75) is 13.7 Å². The molecule has 6 nitrogen and oxygen atoms in total. The van der Waals surface area contributed by atoms with Crippen LogP contribution in [0.15, 0.2) is 54.7 Å². The molecule has 3 rings (SSSR count). The minimum absolute atomic E-state index is 0. The minimum Gasteiger partial charge on any atom is -0.340 e. The molecule has 1 aromatic heterocycles. The summed E-state index contributed by atoms with van der Waals surface area (Å²) < 4.78 is 47.6. The second kappa shape index (κ2) is 9.89. The zero-order chi connectivity index (χ0) is 24.9. The van der Waals surface area contributed by atoms with E-state index in [2.05, 4.69) is 20.6 Å². The van der Waals surface area contributed by atoms with Crippen LogP contribution in [-0.2, 0) is 0 Å². The van der Waals surface area contributed by atoms with E-state index in [1.54, 1.807) is 30.3 Å². The molecule has 0 bridgehead atoms. The number of halogens is 1. The summed E-state index contributed by atoms with van der Waals surface area (Å²) in [5.41, 5.74) is 0.825. The number of aryl methyl sites for hydroxylation is 2. The summed E-state index contributed by atoms with van der Waals surface area (Å²) in [6, 6.07) is 14.5. The molecule has 0 saturated heterocycles. The molecule has 0 fully saturated rings. The molecule has 2 aromatic carbocycles. The Morgan fingerprint density at radius 2 is 1.76 bits per heavy atom. The second-order valence-electron chi connectivity index (χ2n) is 5.66. The topological polar surface area (TPSA) is 97.4 Å². The predicted molar refractivity (Wildman–Crippen MR) is 118 cm³/mol. The Hall–Kier alpha value is -3.87. The van der Waals surface area contributed by atoms with Crippen molar-refractivity contribution in [3.63, 3.8) is 0 Å². The van der Waals surface area contributed by atoms with Gasteiger partial charge in [-0.15, -0.1) is 12.4 Å². The summed E-state index contributed by atoms with van der Waals surface area (Å²) in [7, 11) is 0. The van der Waals surface area contributed by atoms with E-state index in [-0.39, 0.29) is 46.6 Å². The summed E-state index contributed by atoms with van der Waals surface area (Å²) in [5, 5.41) is 23.5. The van der Waals surface area contributed by atoms with E-state index in [1.807, 2.05) is 6.07 Å². The Balaban J connectivity index is 0.00000432. The lowest BCUT2D eigenvalue weighted by molar-refractivity contribution is 1.16. The third kappa shape index (κ3) is 5.55. The summed E-state index contributed by atoms with van der Waals surface area (Å²) in [4.78, 5) is 8.42. The molecular formula is C22H19ClN6. The van der Waals surface area contributed by atoms with Gasteiger partial charge in [0.2, 0.25) is 5.95 Å². The van der Waals surface area contributed by atoms with Gasteiger partial charge in [-0.25, -0.2) is 4.98 Å². The Morgan fingerprint density at radius 3 is 2.38 bits per heavy atom. The van der Waals surface area contributed by atoms with E-state index in [0.29, 0.717) is 11.3 Å². The van der Waals surface area contributed by atoms with Gasteiger partial charge in [0.1, 0.15) is 5.82 Å². The molecule has 0 atom stereocenters. The van der Waals surface area contributed by atoms with Crippen molar-refractivity contribution < 1.29 is 8.22 Å². The lowest BCUT2D eigenvalue weighted by atomic mass is 10.0. The third-order valence-electron chi connectivity index (χ3n) is 3.69. The molecule has 1 heterocycles. The average Bonchev–Trinajstić information content (AvgIpc) is 2.77. The van der Waals surface area contributed by atoms with Gasteiger partial charge in [0.15, 0.2) is 0 Å². The first-order valence-corrected chi connectivity index (χ1v) is 8.13. The smallest absolute Gasteiger partial charge is 0.229 e. The van der Waals surface area contributed by atoms with Crippen LogP contribution in [0.5, 0.6) is 0 Å². The van der Waals surface area contributed by atoms with Crippen molar-refractivity contribution in [2.24, 2.45) is 0 Å². The molecule has 0 saturated carbocycles. The van der Waals surface area contributed by atoms with Crippen molar-refractivity contribution in [3.8, 4) is 12.1 Å². The van der Waals surface area contributed by atoms with Crippen molar-refractivity contribution in [1.29, 1.82) is 10.5 Å². The van der Waals surface area contributed by atoms with Crippen LogP contribution >= 0.6 is 12.4 Å². The van der Waals surface area contributed by atoms with Crippen molar-refractivity contribution in [3.05, 3.63) is 77.0 Å². The largest absolute Gasteiger partial charge is 0.340 e. The monoisotopic (exact) mass is 408 g/mol. The molecule has 0 aliphatic carbocycles. The van der Waals surface area contributed by atoms with Crippen LogP contribution in [0.25, 0.3) is 6.08 Å². The third-order valence-corrected chi connectivity index (χ3v) is 3.69. The van der Waals surface area contributed by atoms with Crippen LogP contribution in [0.2, 0.25) is 0 Å². The first-order valence-electron chi connectivity index (χ1n) is 11.1. The number of hydrogen-bond acceptors (Lipinski definition) is 6. The van der Waals surface area contributed by atoms with E-state index in [0.717, 1.165) is 6.08 Å². The highest BCUT2D eigenvalue weighted by Gasteiger charge is 2.07. The van der Waals surface area contributed by atoms with Crippen LogP contribution < -0.4 is 10.6 Å². The molecule has 7 heteroatoms. The fourth-order valence-corrected chi connectivity index (χ4v) is 2.40. The minimum atomic E-state index is -2.64. The zero-order valence-electron chi connectivity index (χ0n) is 21.0. The van der Waals surface area contributed by atoms with Gasteiger partial charge in [-0.05, 0) is 78.9 Å². The number of nitriles is 2. The van der Waals surface area contributed by atoms with Gasteiger partial charge in [-0.2, -0.15) is 15.5 Å². The SMILES string of the molecule is Cl.[2H]C([2H])([2H])c1cc(/C=C/C#N)cc(C([2H])([2H])[2H])c1Nc1ccnc(Nc2ccc(C#N)cc2)n1. The molecule has 0 aliphatic rings. The molecule has 0 aliphatic heterocycles. The Labute approximate surface area is 184 Å². The second-order valence-corrected chi connectivity index (χ2v) is 5.66. The quantitative estimate of drug-likeness (QED) is 0.547. The maximum absolute atomic E-state index is 8.91. The van der Waals surface area contributed by atoms with Crippen molar-refractivity contribution >= 4 is 41.6 Å². The highest BCUT2D eigenvalue weighted by atomic mass is 35.5. The van der Waals surface area contributed by atoms with E-state index in [9.17, 15) is 0 Å². The summed E-state index contributed by atoms with van der Waals surface area (Å²) >= 11 is 0. The van der Waals surface area contributed by atoms with Crippen LogP contribution in [0, 0.1) is 36.4 Å². The molecule has 144 valence electrons. The fraction of sp³-hybridized carbons (Fsp3) is 0.0909. The zero-order valence-corrected chi connectivity index (χ0v) is 15.8. The van der Waals surface area contributed by atoms with Gasteiger partial charge in [0, 0.05) is 31.9 Å². The maximum Gasteiger partial charge on any atom is 0.229 e. The maximum atomic E-state index is 8.91. The molecule has 0 spiro atoms. The summed E-state index contributed by atoms with van der Waals surface area (Å²) in [5.74, 6) is 0.344. The van der Waals surface area contributed by atoms with Crippen LogP contribution in [-0.4, -0.2) is 9.97 Å². The van der Waals surface area contributed by atoms with Gasteiger partial charge in [0.25, 0.3) is 0 Å². The van der Waals surface area contributed by atoms with E-state index in [4.69, 9.17) is 18.7 Å². The molecule has 0 unspecified atom stereocenters. The standard InChI is InChI=1S/C22H18N6.ClH/c1-15-12-18(4-3-10-23)13-16(2)21(15)27-20-9-11-25-22(28-20)26-19-7-5-17(14-24)6-8-19;/h3-9,11-13H,1-2H3,(H2,25,26,27,28);1H/b4-3+;/i1D3,2D3;. The summed E-state index contributed by atoms with van der Waals surface area (Å²) in [6.45, 7) is -5.29. The highest BCUT2D eigenvalue weighted by Crippen LogP contribution is 2.26. The Morgan fingerprint density at radius 1 is 1.03 bits per heavy atom. The van der Waals surface area contributed by atoms with Crippen molar-refractivity contribution in [2.75, 3.05) is 10.6 Å². The first-order chi connectivity index (χ1) is 16.0. The van der Waals surface area contributed by atoms with E-state index < -0.39 is 13.7 Å². The van der Waals surface area contributed by atoms with E-state index in [1.165, 1.54) is 30.5 Å². The normalized spacial score (nSPS) is 13.9. The van der Waals surface area contributed by atoms with Crippen LogP contribution in [0.1, 0.15) is 30.5 Å².